The molecule has 0 aliphatic carbocycles. The molecule has 0 unspecified atom stereocenters. The van der Waals surface area contributed by atoms with Crippen LogP contribution in [0.5, 0.6) is 11.5 Å². The number of rotatable bonds is 9. The molecule has 0 spiro atoms. The number of methoxy groups -OCH3 is 2. The molecule has 1 aliphatic heterocycles. The molecule has 1 N–H and O–H groups in total. The lowest BCUT2D eigenvalue weighted by Gasteiger charge is -2.42. The highest BCUT2D eigenvalue weighted by Crippen LogP contribution is 2.37. The lowest BCUT2D eigenvalue weighted by atomic mass is 10.0. The zero-order valence-corrected chi connectivity index (χ0v) is 17.3. The molecular formula is C20H33ClN2O3. The van der Waals surface area contributed by atoms with Gasteiger partial charge >= 0.3 is 0 Å². The van der Waals surface area contributed by atoms with Crippen LogP contribution in [0.15, 0.2) is 12.1 Å². The predicted molar refractivity (Wildman–Crippen MR) is 106 cm³/mol. The fourth-order valence-corrected chi connectivity index (χ4v) is 3.83. The minimum absolute atomic E-state index is 0.230. The maximum absolute atomic E-state index is 9.46. The van der Waals surface area contributed by atoms with Crippen LogP contribution in [0, 0.1) is 5.92 Å². The van der Waals surface area contributed by atoms with Crippen molar-refractivity contribution < 1.29 is 14.6 Å². The minimum Gasteiger partial charge on any atom is -0.493 e. The van der Waals surface area contributed by atoms with Crippen LogP contribution in [0.25, 0.3) is 0 Å². The predicted octanol–water partition coefficient (Wildman–Crippen LogP) is 3.27. The Kier molecular flexibility index (Phi) is 8.48. The highest BCUT2D eigenvalue weighted by molar-refractivity contribution is 6.33. The smallest absolute Gasteiger partial charge is 0.179 e. The Hall–Kier alpha value is -1.01. The van der Waals surface area contributed by atoms with Gasteiger partial charge in [-0.1, -0.05) is 31.5 Å². The van der Waals surface area contributed by atoms with Crippen molar-refractivity contribution in [2.75, 3.05) is 47.0 Å². The zero-order valence-electron chi connectivity index (χ0n) is 16.5. The van der Waals surface area contributed by atoms with E-state index in [4.69, 9.17) is 21.1 Å². The zero-order chi connectivity index (χ0) is 19.1. The van der Waals surface area contributed by atoms with Gasteiger partial charge in [-0.2, -0.15) is 0 Å². The second-order valence-electron chi connectivity index (χ2n) is 7.39. The van der Waals surface area contributed by atoms with Gasteiger partial charge in [0.1, 0.15) is 0 Å². The van der Waals surface area contributed by atoms with Crippen LogP contribution >= 0.6 is 11.6 Å². The van der Waals surface area contributed by atoms with Crippen LogP contribution in [-0.4, -0.2) is 68.0 Å². The van der Waals surface area contributed by atoms with E-state index in [1.807, 2.05) is 12.1 Å². The molecule has 1 heterocycles. The summed E-state index contributed by atoms with van der Waals surface area (Å²) < 4.78 is 10.7. The van der Waals surface area contributed by atoms with Crippen molar-refractivity contribution in [3.63, 3.8) is 0 Å². The molecule has 1 fully saturated rings. The highest BCUT2D eigenvalue weighted by atomic mass is 35.5. The van der Waals surface area contributed by atoms with E-state index >= 15 is 0 Å². The van der Waals surface area contributed by atoms with E-state index in [-0.39, 0.29) is 6.61 Å². The first-order valence-corrected chi connectivity index (χ1v) is 9.84. The Morgan fingerprint density at radius 3 is 2.62 bits per heavy atom. The number of benzene rings is 1. The van der Waals surface area contributed by atoms with Crippen molar-refractivity contribution in [3.05, 3.63) is 22.7 Å². The lowest BCUT2D eigenvalue weighted by Crippen LogP contribution is -2.53. The summed E-state index contributed by atoms with van der Waals surface area (Å²) in [6, 6.07) is 4.31. The number of ether oxygens (including phenoxy) is 2. The number of aliphatic hydroxyl groups excluding tert-OH is 1. The van der Waals surface area contributed by atoms with Crippen LogP contribution in [-0.2, 0) is 6.54 Å². The van der Waals surface area contributed by atoms with E-state index in [0.717, 1.165) is 44.7 Å². The molecule has 1 atom stereocenters. The highest BCUT2D eigenvalue weighted by Gasteiger charge is 2.27. The molecule has 6 heteroatoms. The largest absolute Gasteiger partial charge is 0.493 e. The summed E-state index contributed by atoms with van der Waals surface area (Å²) in [4.78, 5) is 4.95. The fourth-order valence-electron chi connectivity index (χ4n) is 3.54. The molecule has 148 valence electrons. The van der Waals surface area contributed by atoms with Crippen LogP contribution in [0.1, 0.15) is 32.3 Å². The average molecular weight is 385 g/mol. The number of halogens is 1. The third-order valence-electron chi connectivity index (χ3n) is 5.10. The fraction of sp³-hybridized carbons (Fsp3) is 0.700. The Balaban J connectivity index is 2.04. The van der Waals surface area contributed by atoms with E-state index in [9.17, 15) is 5.11 Å². The van der Waals surface area contributed by atoms with Gasteiger partial charge in [-0.3, -0.25) is 9.80 Å². The van der Waals surface area contributed by atoms with E-state index in [1.54, 1.807) is 14.2 Å². The van der Waals surface area contributed by atoms with Crippen molar-refractivity contribution in [3.8, 4) is 11.5 Å². The van der Waals surface area contributed by atoms with Crippen molar-refractivity contribution in [2.24, 2.45) is 5.92 Å². The third-order valence-corrected chi connectivity index (χ3v) is 5.52. The van der Waals surface area contributed by atoms with E-state index < -0.39 is 0 Å². The van der Waals surface area contributed by atoms with E-state index in [2.05, 4.69) is 23.6 Å². The number of hydrogen-bond acceptors (Lipinski definition) is 5. The van der Waals surface area contributed by atoms with E-state index in [0.29, 0.717) is 28.5 Å². The van der Waals surface area contributed by atoms with Crippen LogP contribution in [0.4, 0.5) is 0 Å². The lowest BCUT2D eigenvalue weighted by molar-refractivity contribution is 0.0524. The Labute approximate surface area is 162 Å². The topological polar surface area (TPSA) is 45.2 Å². The summed E-state index contributed by atoms with van der Waals surface area (Å²) in [5.74, 6) is 1.94. The summed E-state index contributed by atoms with van der Waals surface area (Å²) >= 11 is 6.54. The minimum atomic E-state index is 0.230. The molecular weight excluding hydrogens is 352 g/mol. The summed E-state index contributed by atoms with van der Waals surface area (Å²) in [7, 11) is 3.22. The summed E-state index contributed by atoms with van der Waals surface area (Å²) in [5, 5.41) is 10.1. The van der Waals surface area contributed by atoms with Gasteiger partial charge in [0, 0.05) is 38.8 Å². The summed E-state index contributed by atoms with van der Waals surface area (Å²) in [6.45, 7) is 9.61. The normalized spacial score (nSPS) is 19.1. The average Bonchev–Trinajstić information content (AvgIpc) is 2.62. The molecule has 5 nitrogen and oxygen atoms in total. The number of nitrogens with zero attached hydrogens (tertiary/aromatic N) is 2. The van der Waals surface area contributed by atoms with Crippen LogP contribution in [0.2, 0.25) is 5.02 Å². The first-order valence-electron chi connectivity index (χ1n) is 9.46. The van der Waals surface area contributed by atoms with Gasteiger partial charge in [-0.05, 0) is 36.9 Å². The van der Waals surface area contributed by atoms with Gasteiger partial charge in [0.25, 0.3) is 0 Å². The number of piperazine rings is 1. The first kappa shape index (κ1) is 21.3. The molecule has 2 rings (SSSR count). The van der Waals surface area contributed by atoms with Gasteiger partial charge in [-0.25, -0.2) is 0 Å². The van der Waals surface area contributed by atoms with Crippen LogP contribution in [0.3, 0.4) is 0 Å². The Morgan fingerprint density at radius 1 is 1.23 bits per heavy atom. The molecule has 1 aromatic carbocycles. The summed E-state index contributed by atoms with van der Waals surface area (Å²) in [5.41, 5.74) is 1.04. The van der Waals surface area contributed by atoms with Gasteiger partial charge in [0.05, 0.1) is 19.2 Å². The van der Waals surface area contributed by atoms with Gasteiger partial charge < -0.3 is 14.6 Å². The Morgan fingerprint density at radius 2 is 2.00 bits per heavy atom. The Bertz CT molecular complexity index is 568. The van der Waals surface area contributed by atoms with Gasteiger partial charge in [0.2, 0.25) is 0 Å². The molecule has 0 saturated carbocycles. The van der Waals surface area contributed by atoms with Crippen LogP contribution < -0.4 is 9.47 Å². The molecule has 0 radical (unpaired) electrons. The van der Waals surface area contributed by atoms with Crippen molar-refractivity contribution >= 4 is 11.6 Å². The molecule has 1 aliphatic rings. The quantitative estimate of drug-likeness (QED) is 0.707. The second-order valence-corrected chi connectivity index (χ2v) is 7.77. The van der Waals surface area contributed by atoms with Crippen molar-refractivity contribution in [1.82, 2.24) is 9.80 Å². The first-order chi connectivity index (χ1) is 12.5. The van der Waals surface area contributed by atoms with E-state index in [1.165, 1.54) is 6.42 Å². The summed E-state index contributed by atoms with van der Waals surface area (Å²) in [6.07, 6.45) is 2.01. The SMILES string of the molecule is COc1ccc(CN2CCN(CCC(C)C)[C@@H](CCO)C2)c(Cl)c1OC. The number of hydrogen-bond donors (Lipinski definition) is 1. The van der Waals surface area contributed by atoms with Crippen molar-refractivity contribution in [1.29, 1.82) is 0 Å². The standard InChI is InChI=1S/C20H33ClN2O3/c1-15(2)7-9-23-11-10-22(14-17(23)8-12-24)13-16-5-6-18(25-3)20(26-4)19(16)21/h5-6,15,17,24H,7-14H2,1-4H3/t17-/m0/s1. The maximum Gasteiger partial charge on any atom is 0.179 e. The molecule has 1 aromatic rings. The van der Waals surface area contributed by atoms with Crippen molar-refractivity contribution in [2.45, 2.75) is 39.3 Å². The number of aliphatic hydroxyl groups is 1. The van der Waals surface area contributed by atoms with Gasteiger partial charge in [-0.15, -0.1) is 0 Å². The van der Waals surface area contributed by atoms with Gasteiger partial charge in [0.15, 0.2) is 11.5 Å². The maximum atomic E-state index is 9.46. The molecule has 0 bridgehead atoms. The second kappa shape index (κ2) is 10.4. The molecule has 26 heavy (non-hydrogen) atoms. The monoisotopic (exact) mass is 384 g/mol. The third kappa shape index (κ3) is 5.49. The molecule has 0 amide bonds. The molecule has 1 saturated heterocycles. The molecule has 0 aromatic heterocycles.